The minimum atomic E-state index is -0.300. The van der Waals surface area contributed by atoms with Crippen molar-refractivity contribution >= 4 is 6.03 Å². The van der Waals surface area contributed by atoms with Gasteiger partial charge in [-0.1, -0.05) is 42.8 Å². The quantitative estimate of drug-likeness (QED) is 0.880. The van der Waals surface area contributed by atoms with Crippen LogP contribution in [0.2, 0.25) is 0 Å². The van der Waals surface area contributed by atoms with Crippen LogP contribution >= 0.6 is 0 Å². The molecule has 2 amide bonds. The number of hydrogen-bond donors (Lipinski definition) is 2. The van der Waals surface area contributed by atoms with Crippen LogP contribution in [0.25, 0.3) is 0 Å². The lowest BCUT2D eigenvalue weighted by Crippen LogP contribution is -2.43. The van der Waals surface area contributed by atoms with Gasteiger partial charge in [0.05, 0.1) is 17.8 Å². The van der Waals surface area contributed by atoms with E-state index in [1.165, 1.54) is 0 Å². The molecule has 0 saturated heterocycles. The number of carbonyl (C=O) groups is 1. The van der Waals surface area contributed by atoms with E-state index < -0.39 is 0 Å². The number of carbonyl (C=O) groups excluding carboxylic acids is 1. The average molecular weight is 339 g/mol. The molecule has 3 unspecified atom stereocenters. The van der Waals surface area contributed by atoms with E-state index in [0.717, 1.165) is 30.5 Å². The second-order valence-corrected chi connectivity index (χ2v) is 6.69. The fourth-order valence-corrected chi connectivity index (χ4v) is 3.42. The molecule has 1 aliphatic carbocycles. The second-order valence-electron chi connectivity index (χ2n) is 6.69. The summed E-state index contributed by atoms with van der Waals surface area (Å²) in [5, 5.41) is 13.1. The molecule has 1 aromatic carbocycles. The molecule has 0 spiro atoms. The third-order valence-corrected chi connectivity index (χ3v) is 4.86. The maximum Gasteiger partial charge on any atom is 0.317 e. The summed E-state index contributed by atoms with van der Waals surface area (Å²) >= 11 is 0. The predicted molar refractivity (Wildman–Crippen MR) is 97.0 cm³/mol. The Balaban J connectivity index is 1.72. The lowest BCUT2D eigenvalue weighted by Gasteiger charge is -2.26. The van der Waals surface area contributed by atoms with E-state index in [4.69, 9.17) is 0 Å². The highest BCUT2D eigenvalue weighted by Crippen LogP contribution is 2.26. The third kappa shape index (κ3) is 4.37. The van der Waals surface area contributed by atoms with Gasteiger partial charge in [-0.2, -0.15) is 0 Å². The molecule has 5 heteroatoms. The fraction of sp³-hybridized carbons (Fsp3) is 0.400. The van der Waals surface area contributed by atoms with Gasteiger partial charge in [0.2, 0.25) is 0 Å². The first-order valence-corrected chi connectivity index (χ1v) is 8.80. The molecular formula is C20H25N3O2. The van der Waals surface area contributed by atoms with Crippen molar-refractivity contribution in [3.8, 4) is 0 Å². The van der Waals surface area contributed by atoms with E-state index in [-0.39, 0.29) is 24.1 Å². The average Bonchev–Trinajstić information content (AvgIpc) is 3.05. The van der Waals surface area contributed by atoms with Crippen molar-refractivity contribution in [2.45, 2.75) is 31.4 Å². The second kappa shape index (κ2) is 8.12. The largest absolute Gasteiger partial charge is 0.393 e. The molecule has 2 aromatic rings. The third-order valence-electron chi connectivity index (χ3n) is 4.86. The molecule has 5 nitrogen and oxygen atoms in total. The van der Waals surface area contributed by atoms with Gasteiger partial charge in [-0.3, -0.25) is 4.98 Å². The minimum absolute atomic E-state index is 0.154. The Hall–Kier alpha value is -2.40. The molecule has 1 aliphatic rings. The van der Waals surface area contributed by atoms with Crippen LogP contribution in [-0.2, 0) is 0 Å². The minimum Gasteiger partial charge on any atom is -0.393 e. The van der Waals surface area contributed by atoms with Gasteiger partial charge >= 0.3 is 6.03 Å². The molecule has 25 heavy (non-hydrogen) atoms. The van der Waals surface area contributed by atoms with Gasteiger partial charge in [-0.25, -0.2) is 4.79 Å². The molecule has 2 N–H and O–H groups in total. The molecule has 1 heterocycles. The number of nitrogens with one attached hydrogen (secondary N) is 1. The first kappa shape index (κ1) is 17.4. The van der Waals surface area contributed by atoms with Gasteiger partial charge in [-0.05, 0) is 30.5 Å². The maximum atomic E-state index is 12.7. The highest BCUT2D eigenvalue weighted by atomic mass is 16.3. The summed E-state index contributed by atoms with van der Waals surface area (Å²) in [6.07, 6.45) is 4.27. The number of pyridine rings is 1. The van der Waals surface area contributed by atoms with Crippen molar-refractivity contribution in [1.82, 2.24) is 15.2 Å². The molecule has 1 aromatic heterocycles. The Labute approximate surface area is 148 Å². The summed E-state index contributed by atoms with van der Waals surface area (Å²) in [4.78, 5) is 18.8. The van der Waals surface area contributed by atoms with Gasteiger partial charge in [0, 0.05) is 25.7 Å². The van der Waals surface area contributed by atoms with Gasteiger partial charge in [0.25, 0.3) is 0 Å². The number of benzene rings is 1. The molecule has 0 bridgehead atoms. The Morgan fingerprint density at radius 3 is 2.64 bits per heavy atom. The van der Waals surface area contributed by atoms with Crippen LogP contribution in [-0.4, -0.2) is 40.7 Å². The van der Waals surface area contributed by atoms with Gasteiger partial charge in [0.15, 0.2) is 0 Å². The van der Waals surface area contributed by atoms with Crippen LogP contribution in [0.3, 0.4) is 0 Å². The first-order chi connectivity index (χ1) is 12.1. The number of nitrogens with zero attached hydrogens (tertiary/aromatic N) is 2. The highest BCUT2D eigenvalue weighted by Gasteiger charge is 2.28. The first-order valence-electron chi connectivity index (χ1n) is 8.80. The molecule has 3 rings (SSSR count). The smallest absolute Gasteiger partial charge is 0.317 e. The number of hydrogen-bond acceptors (Lipinski definition) is 3. The number of rotatable bonds is 5. The van der Waals surface area contributed by atoms with E-state index in [2.05, 4.69) is 10.3 Å². The lowest BCUT2D eigenvalue weighted by molar-refractivity contribution is 0.113. The number of aliphatic hydroxyl groups is 1. The topological polar surface area (TPSA) is 65.5 Å². The number of amides is 2. The van der Waals surface area contributed by atoms with Gasteiger partial charge in [0.1, 0.15) is 0 Å². The molecule has 132 valence electrons. The summed E-state index contributed by atoms with van der Waals surface area (Å²) < 4.78 is 0. The number of aromatic nitrogens is 1. The van der Waals surface area contributed by atoms with Crippen molar-refractivity contribution in [3.63, 3.8) is 0 Å². The Morgan fingerprint density at radius 2 is 2.00 bits per heavy atom. The van der Waals surface area contributed by atoms with Crippen molar-refractivity contribution in [2.75, 3.05) is 13.6 Å². The Kier molecular flexibility index (Phi) is 5.66. The van der Waals surface area contributed by atoms with Crippen molar-refractivity contribution in [1.29, 1.82) is 0 Å². The number of urea groups is 1. The maximum absolute atomic E-state index is 12.7. The van der Waals surface area contributed by atoms with Crippen LogP contribution in [0, 0.1) is 5.92 Å². The molecular weight excluding hydrogens is 314 g/mol. The molecule has 0 aliphatic heterocycles. The fourth-order valence-electron chi connectivity index (χ4n) is 3.42. The summed E-state index contributed by atoms with van der Waals surface area (Å²) in [5.41, 5.74) is 1.79. The molecule has 1 saturated carbocycles. The number of aliphatic hydroxyl groups excluding tert-OH is 1. The Bertz CT molecular complexity index is 638. The normalized spacial score (nSPS) is 20.9. The van der Waals surface area contributed by atoms with Gasteiger partial charge in [-0.15, -0.1) is 0 Å². The zero-order chi connectivity index (χ0) is 17.6. The van der Waals surface area contributed by atoms with E-state index in [9.17, 15) is 9.90 Å². The van der Waals surface area contributed by atoms with Crippen LogP contribution < -0.4 is 5.32 Å². The van der Waals surface area contributed by atoms with Crippen LogP contribution in [0.5, 0.6) is 0 Å². The van der Waals surface area contributed by atoms with Gasteiger partial charge < -0.3 is 15.3 Å². The van der Waals surface area contributed by atoms with E-state index in [1.807, 2.05) is 48.5 Å². The lowest BCUT2D eigenvalue weighted by atomic mass is 10.0. The van der Waals surface area contributed by atoms with Crippen molar-refractivity contribution in [2.24, 2.45) is 5.92 Å². The zero-order valence-corrected chi connectivity index (χ0v) is 14.5. The molecule has 3 atom stereocenters. The summed E-state index contributed by atoms with van der Waals surface area (Å²) in [6, 6.07) is 15.1. The summed E-state index contributed by atoms with van der Waals surface area (Å²) in [7, 11) is 1.78. The van der Waals surface area contributed by atoms with E-state index >= 15 is 0 Å². The van der Waals surface area contributed by atoms with Crippen LogP contribution in [0.4, 0.5) is 4.79 Å². The van der Waals surface area contributed by atoms with Crippen molar-refractivity contribution in [3.05, 3.63) is 66.0 Å². The van der Waals surface area contributed by atoms with Crippen LogP contribution in [0.15, 0.2) is 54.7 Å². The highest BCUT2D eigenvalue weighted by molar-refractivity contribution is 5.75. The Morgan fingerprint density at radius 1 is 1.24 bits per heavy atom. The monoisotopic (exact) mass is 339 g/mol. The van der Waals surface area contributed by atoms with Crippen molar-refractivity contribution < 1.29 is 9.90 Å². The zero-order valence-electron chi connectivity index (χ0n) is 14.5. The summed E-state index contributed by atoms with van der Waals surface area (Å²) in [5.74, 6) is 0.167. The SMILES string of the molecule is CN(CC1CCCC1O)C(=O)NC(c1ccccc1)c1ccccn1. The van der Waals surface area contributed by atoms with Crippen LogP contribution in [0.1, 0.15) is 36.6 Å². The predicted octanol–water partition coefficient (Wildman–Crippen LogP) is 2.97. The molecule has 1 fully saturated rings. The standard InChI is InChI=1S/C20H25N3O2/c1-23(14-16-10-7-12-18(16)24)20(25)22-19(15-8-3-2-4-9-15)17-11-5-6-13-21-17/h2-6,8-9,11,13,16,18-19,24H,7,10,12,14H2,1H3,(H,22,25). The van der Waals surface area contributed by atoms with E-state index in [1.54, 1.807) is 18.1 Å². The molecule has 0 radical (unpaired) electrons. The van der Waals surface area contributed by atoms with E-state index in [0.29, 0.717) is 6.54 Å². The summed E-state index contributed by atoms with van der Waals surface area (Å²) in [6.45, 7) is 0.566.